The minimum Gasteiger partial charge on any atom is -0.462 e. The third-order valence-electron chi connectivity index (χ3n) is 5.30. The minimum atomic E-state index is -0.436. The van der Waals surface area contributed by atoms with Crippen LogP contribution in [0.3, 0.4) is 0 Å². The van der Waals surface area contributed by atoms with Crippen LogP contribution in [-0.4, -0.2) is 17.6 Å². The summed E-state index contributed by atoms with van der Waals surface area (Å²) in [5, 5.41) is 11.8. The second-order valence-corrected chi connectivity index (χ2v) is 6.69. The Morgan fingerprint density at radius 1 is 1.19 bits per heavy atom. The molecule has 0 unspecified atom stereocenters. The highest BCUT2D eigenvalue weighted by atomic mass is 16.5. The van der Waals surface area contributed by atoms with E-state index < -0.39 is 5.97 Å². The molecule has 5 rings (SSSR count). The Morgan fingerprint density at radius 3 is 2.78 bits per heavy atom. The van der Waals surface area contributed by atoms with Gasteiger partial charge in [0.1, 0.15) is 6.07 Å². The lowest BCUT2D eigenvalue weighted by Crippen LogP contribution is -2.10. The monoisotopic (exact) mass is 352 g/mol. The normalized spacial score (nSPS) is 12.0. The summed E-state index contributed by atoms with van der Waals surface area (Å²) in [6.07, 6.45) is 0.729. The van der Waals surface area contributed by atoms with E-state index in [-0.39, 0.29) is 6.61 Å². The maximum atomic E-state index is 12.9. The van der Waals surface area contributed by atoms with Gasteiger partial charge in [0.25, 0.3) is 0 Å². The first-order valence-electron chi connectivity index (χ1n) is 8.99. The lowest BCUT2D eigenvalue weighted by Gasteiger charge is -2.13. The third kappa shape index (κ3) is 2.06. The van der Waals surface area contributed by atoms with Crippen molar-refractivity contribution < 1.29 is 9.53 Å². The van der Waals surface area contributed by atoms with Gasteiger partial charge in [0.15, 0.2) is 0 Å². The van der Waals surface area contributed by atoms with E-state index in [2.05, 4.69) is 17.1 Å². The van der Waals surface area contributed by atoms with Crippen LogP contribution in [0.5, 0.6) is 0 Å². The van der Waals surface area contributed by atoms with Crippen LogP contribution in [0.15, 0.2) is 48.5 Å². The van der Waals surface area contributed by atoms with Gasteiger partial charge in [-0.1, -0.05) is 42.5 Å². The number of H-pyrrole nitrogens is 1. The number of benzene rings is 3. The van der Waals surface area contributed by atoms with Crippen LogP contribution in [0.25, 0.3) is 32.9 Å². The third-order valence-corrected chi connectivity index (χ3v) is 5.30. The number of hydrogen-bond donors (Lipinski definition) is 1. The molecule has 1 heterocycles. The number of carbonyl (C=O) groups excluding carboxylic acids is 1. The van der Waals surface area contributed by atoms with Gasteiger partial charge in [-0.25, -0.2) is 4.79 Å². The van der Waals surface area contributed by atoms with Crippen LogP contribution in [0.1, 0.15) is 34.0 Å². The SMILES string of the molecule is CCOC(=O)c1c2c(c3[nH]c4ccccc4c3c1C#N)Cc1ccccc1-2. The van der Waals surface area contributed by atoms with Crippen molar-refractivity contribution in [2.24, 2.45) is 0 Å². The van der Waals surface area contributed by atoms with Gasteiger partial charge in [0, 0.05) is 28.3 Å². The number of nitrogens with zero attached hydrogens (tertiary/aromatic N) is 1. The highest BCUT2D eigenvalue weighted by molar-refractivity contribution is 6.18. The maximum absolute atomic E-state index is 12.9. The van der Waals surface area contributed by atoms with E-state index in [1.54, 1.807) is 6.92 Å². The standard InChI is InChI=1S/C23H16N2O2/c1-2-27-23(26)21-17(12-24)20-15-9-5-6-10-18(15)25-22(20)16-11-13-7-3-4-8-14(13)19(16)21/h3-10,25H,2,11H2,1H3. The number of hydrogen-bond acceptors (Lipinski definition) is 3. The Morgan fingerprint density at radius 2 is 1.96 bits per heavy atom. The predicted octanol–water partition coefficient (Wildman–Crippen LogP) is 4.94. The number of nitrogens with one attached hydrogen (secondary N) is 1. The number of aromatic nitrogens is 1. The highest BCUT2D eigenvalue weighted by Crippen LogP contribution is 2.46. The Kier molecular flexibility index (Phi) is 3.32. The molecule has 1 N–H and O–H groups in total. The van der Waals surface area contributed by atoms with Crippen molar-refractivity contribution in [1.29, 1.82) is 5.26 Å². The van der Waals surface area contributed by atoms with Gasteiger partial charge in [-0.2, -0.15) is 5.26 Å². The van der Waals surface area contributed by atoms with E-state index in [4.69, 9.17) is 4.74 Å². The summed E-state index contributed by atoms with van der Waals surface area (Å²) in [6, 6.07) is 18.2. The van der Waals surface area contributed by atoms with Crippen LogP contribution >= 0.6 is 0 Å². The molecule has 27 heavy (non-hydrogen) atoms. The van der Waals surface area contributed by atoms with Crippen LogP contribution in [0, 0.1) is 11.3 Å². The molecule has 130 valence electrons. The Balaban J connectivity index is 2.01. The summed E-state index contributed by atoms with van der Waals surface area (Å²) in [5.74, 6) is -0.436. The minimum absolute atomic E-state index is 0.270. The summed E-state index contributed by atoms with van der Waals surface area (Å²) < 4.78 is 5.35. The molecular formula is C23H16N2O2. The number of esters is 1. The summed E-state index contributed by atoms with van der Waals surface area (Å²) in [7, 11) is 0. The molecule has 4 heteroatoms. The molecule has 3 aromatic carbocycles. The van der Waals surface area contributed by atoms with Crippen molar-refractivity contribution in [3.63, 3.8) is 0 Å². The highest BCUT2D eigenvalue weighted by Gasteiger charge is 2.32. The van der Waals surface area contributed by atoms with E-state index >= 15 is 0 Å². The first-order chi connectivity index (χ1) is 13.2. The Hall–Kier alpha value is -3.58. The molecule has 0 radical (unpaired) electrons. The predicted molar refractivity (Wildman–Crippen MR) is 105 cm³/mol. The molecule has 1 aromatic heterocycles. The lowest BCUT2D eigenvalue weighted by molar-refractivity contribution is 0.0527. The molecule has 1 aliphatic carbocycles. The van der Waals surface area contributed by atoms with Crippen LogP contribution < -0.4 is 0 Å². The van der Waals surface area contributed by atoms with E-state index in [0.29, 0.717) is 11.1 Å². The molecule has 0 amide bonds. The van der Waals surface area contributed by atoms with Gasteiger partial charge in [0.2, 0.25) is 0 Å². The molecule has 0 fully saturated rings. The van der Waals surface area contributed by atoms with Crippen LogP contribution in [0.4, 0.5) is 0 Å². The van der Waals surface area contributed by atoms with Crippen molar-refractivity contribution in [2.45, 2.75) is 13.3 Å². The zero-order valence-electron chi connectivity index (χ0n) is 14.8. The molecule has 0 aliphatic heterocycles. The molecule has 0 atom stereocenters. The molecule has 0 saturated heterocycles. The molecule has 0 spiro atoms. The molecule has 0 saturated carbocycles. The van der Waals surface area contributed by atoms with Gasteiger partial charge < -0.3 is 9.72 Å². The van der Waals surface area contributed by atoms with E-state index in [1.807, 2.05) is 42.5 Å². The summed E-state index contributed by atoms with van der Waals surface area (Å²) in [5.41, 5.74) is 6.73. The fourth-order valence-electron chi connectivity index (χ4n) is 4.26. The number of fused-ring (bicyclic) bond motifs is 7. The first-order valence-corrected chi connectivity index (χ1v) is 8.99. The van der Waals surface area contributed by atoms with Crippen molar-refractivity contribution in [3.05, 3.63) is 70.8 Å². The van der Waals surface area contributed by atoms with Crippen LogP contribution in [-0.2, 0) is 11.2 Å². The van der Waals surface area contributed by atoms with Gasteiger partial charge in [-0.3, -0.25) is 0 Å². The zero-order valence-corrected chi connectivity index (χ0v) is 14.8. The number of rotatable bonds is 2. The average molecular weight is 352 g/mol. The van der Waals surface area contributed by atoms with Crippen molar-refractivity contribution in [1.82, 2.24) is 4.98 Å². The summed E-state index contributed by atoms with van der Waals surface area (Å²) in [4.78, 5) is 16.4. The number of carbonyl (C=O) groups is 1. The van der Waals surface area contributed by atoms with Crippen molar-refractivity contribution in [2.75, 3.05) is 6.61 Å². The Bertz CT molecular complexity index is 1290. The van der Waals surface area contributed by atoms with E-state index in [9.17, 15) is 10.1 Å². The quantitative estimate of drug-likeness (QED) is 0.458. The van der Waals surface area contributed by atoms with Crippen molar-refractivity contribution >= 4 is 27.8 Å². The van der Waals surface area contributed by atoms with Crippen molar-refractivity contribution in [3.8, 4) is 17.2 Å². The summed E-state index contributed by atoms with van der Waals surface area (Å²) in [6.45, 7) is 2.05. The van der Waals surface area contributed by atoms with Gasteiger partial charge in [-0.05, 0) is 29.7 Å². The lowest BCUT2D eigenvalue weighted by atomic mass is 9.91. The number of nitriles is 1. The average Bonchev–Trinajstić information content (AvgIpc) is 3.26. The number of ether oxygens (including phenoxy) is 1. The molecule has 0 bridgehead atoms. The zero-order chi connectivity index (χ0) is 18.5. The first kappa shape index (κ1) is 15.7. The fraction of sp³-hybridized carbons (Fsp3) is 0.130. The maximum Gasteiger partial charge on any atom is 0.340 e. The fourth-order valence-corrected chi connectivity index (χ4v) is 4.26. The van der Waals surface area contributed by atoms with Gasteiger partial charge >= 0.3 is 5.97 Å². The largest absolute Gasteiger partial charge is 0.462 e. The van der Waals surface area contributed by atoms with E-state index in [1.165, 1.54) is 0 Å². The second kappa shape index (κ2) is 5.72. The molecular weight excluding hydrogens is 336 g/mol. The van der Waals surface area contributed by atoms with E-state index in [0.717, 1.165) is 50.5 Å². The van der Waals surface area contributed by atoms with Gasteiger partial charge in [-0.15, -0.1) is 0 Å². The molecule has 4 nitrogen and oxygen atoms in total. The molecule has 1 aliphatic rings. The topological polar surface area (TPSA) is 65.9 Å². The molecule has 4 aromatic rings. The number of para-hydroxylation sites is 1. The van der Waals surface area contributed by atoms with Crippen LogP contribution in [0.2, 0.25) is 0 Å². The second-order valence-electron chi connectivity index (χ2n) is 6.69. The summed E-state index contributed by atoms with van der Waals surface area (Å²) >= 11 is 0. The smallest absolute Gasteiger partial charge is 0.340 e. The number of aromatic amines is 1. The van der Waals surface area contributed by atoms with Gasteiger partial charge in [0.05, 0.1) is 23.3 Å². The Labute approximate surface area is 156 Å².